The van der Waals surface area contributed by atoms with E-state index in [0.29, 0.717) is 11.1 Å². The lowest BCUT2D eigenvalue weighted by Gasteiger charge is -2.16. The molecule has 0 aliphatic heterocycles. The van der Waals surface area contributed by atoms with Crippen molar-refractivity contribution in [2.45, 2.75) is 26.1 Å². The number of rotatable bonds is 4. The molecule has 1 atom stereocenters. The Morgan fingerprint density at radius 2 is 2.06 bits per heavy atom. The standard InChI is InChI=1S/C12H13F3O3/c1-7-5-9(8(2)16)3-4-10(7)18-6-11(17)12(13,14)15/h3-5,11,17H,6H2,1-2H3. The van der Waals surface area contributed by atoms with Gasteiger partial charge in [-0.1, -0.05) is 0 Å². The first kappa shape index (κ1) is 14.5. The number of ether oxygens (including phenoxy) is 1. The molecular formula is C12H13F3O3. The molecule has 6 heteroatoms. The van der Waals surface area contributed by atoms with Crippen LogP contribution in [0.25, 0.3) is 0 Å². The van der Waals surface area contributed by atoms with Gasteiger partial charge in [-0.05, 0) is 37.6 Å². The quantitative estimate of drug-likeness (QED) is 0.848. The summed E-state index contributed by atoms with van der Waals surface area (Å²) in [5.41, 5.74) is 0.994. The minimum absolute atomic E-state index is 0.139. The van der Waals surface area contributed by atoms with Crippen LogP contribution in [0.3, 0.4) is 0 Å². The van der Waals surface area contributed by atoms with Crippen LogP contribution in [-0.4, -0.2) is 29.8 Å². The number of aliphatic hydroxyl groups excluding tert-OH is 1. The van der Waals surface area contributed by atoms with E-state index in [2.05, 4.69) is 0 Å². The smallest absolute Gasteiger partial charge is 0.417 e. The minimum atomic E-state index is -4.70. The van der Waals surface area contributed by atoms with Crippen LogP contribution in [0.4, 0.5) is 13.2 Å². The van der Waals surface area contributed by atoms with E-state index in [9.17, 15) is 18.0 Å². The fraction of sp³-hybridized carbons (Fsp3) is 0.417. The molecule has 1 rings (SSSR count). The van der Waals surface area contributed by atoms with E-state index in [1.165, 1.54) is 25.1 Å². The Bertz CT molecular complexity index is 441. The molecule has 0 bridgehead atoms. The predicted molar refractivity (Wildman–Crippen MR) is 58.7 cm³/mol. The first-order valence-corrected chi connectivity index (χ1v) is 5.21. The molecule has 0 radical (unpaired) electrons. The molecular weight excluding hydrogens is 249 g/mol. The molecule has 0 aromatic heterocycles. The van der Waals surface area contributed by atoms with Gasteiger partial charge in [0.2, 0.25) is 0 Å². The summed E-state index contributed by atoms with van der Waals surface area (Å²) in [6, 6.07) is 4.40. The maximum absolute atomic E-state index is 12.0. The number of ketones is 1. The van der Waals surface area contributed by atoms with Gasteiger partial charge in [-0.3, -0.25) is 4.79 Å². The van der Waals surface area contributed by atoms with Crippen LogP contribution in [0.1, 0.15) is 22.8 Å². The Labute approximate surface area is 102 Å². The molecule has 0 heterocycles. The Morgan fingerprint density at radius 1 is 1.44 bits per heavy atom. The number of carbonyl (C=O) groups is 1. The van der Waals surface area contributed by atoms with E-state index in [4.69, 9.17) is 9.84 Å². The van der Waals surface area contributed by atoms with Crippen LogP contribution >= 0.6 is 0 Å². The summed E-state index contributed by atoms with van der Waals surface area (Å²) in [6.07, 6.45) is -7.22. The lowest BCUT2D eigenvalue weighted by Crippen LogP contribution is -2.34. The maximum atomic E-state index is 12.0. The molecule has 18 heavy (non-hydrogen) atoms. The average Bonchev–Trinajstić information content (AvgIpc) is 2.25. The Morgan fingerprint density at radius 3 is 2.50 bits per heavy atom. The molecule has 3 nitrogen and oxygen atoms in total. The van der Waals surface area contributed by atoms with Gasteiger partial charge in [-0.25, -0.2) is 0 Å². The zero-order valence-corrected chi connectivity index (χ0v) is 9.91. The molecule has 0 aliphatic rings. The molecule has 0 fully saturated rings. The third-order valence-electron chi connectivity index (χ3n) is 2.36. The highest BCUT2D eigenvalue weighted by Gasteiger charge is 2.38. The van der Waals surface area contributed by atoms with Gasteiger partial charge in [-0.2, -0.15) is 13.2 Å². The Kier molecular flexibility index (Phi) is 4.34. The molecule has 0 spiro atoms. The van der Waals surface area contributed by atoms with Crippen molar-refractivity contribution in [1.29, 1.82) is 0 Å². The van der Waals surface area contributed by atoms with Crippen molar-refractivity contribution in [3.63, 3.8) is 0 Å². The lowest BCUT2D eigenvalue weighted by atomic mass is 10.1. The first-order valence-electron chi connectivity index (χ1n) is 5.21. The van der Waals surface area contributed by atoms with Crippen LogP contribution in [0.5, 0.6) is 5.75 Å². The van der Waals surface area contributed by atoms with Crippen molar-refractivity contribution < 1.29 is 27.8 Å². The lowest BCUT2D eigenvalue weighted by molar-refractivity contribution is -0.210. The van der Waals surface area contributed by atoms with Crippen molar-refractivity contribution in [3.05, 3.63) is 29.3 Å². The third kappa shape index (κ3) is 3.73. The van der Waals surface area contributed by atoms with Crippen LogP contribution in [0.15, 0.2) is 18.2 Å². The van der Waals surface area contributed by atoms with Gasteiger partial charge < -0.3 is 9.84 Å². The molecule has 100 valence electrons. The molecule has 0 saturated heterocycles. The first-order chi connectivity index (χ1) is 8.21. The number of benzene rings is 1. The SMILES string of the molecule is CC(=O)c1ccc(OCC(O)C(F)(F)F)c(C)c1. The molecule has 1 aromatic carbocycles. The maximum Gasteiger partial charge on any atom is 0.417 e. The van der Waals surface area contributed by atoms with Crippen LogP contribution in [-0.2, 0) is 0 Å². The van der Waals surface area contributed by atoms with Crippen LogP contribution < -0.4 is 4.74 Å². The van der Waals surface area contributed by atoms with E-state index >= 15 is 0 Å². The number of aryl methyl sites for hydroxylation is 1. The fourth-order valence-electron chi connectivity index (χ4n) is 1.29. The number of Topliss-reactive ketones (excluding diaryl/α,β-unsaturated/α-hetero) is 1. The second-order valence-corrected chi connectivity index (χ2v) is 3.90. The molecule has 0 amide bonds. The van der Waals surface area contributed by atoms with Crippen LogP contribution in [0, 0.1) is 6.92 Å². The van der Waals surface area contributed by atoms with E-state index in [-0.39, 0.29) is 11.5 Å². The topological polar surface area (TPSA) is 46.5 Å². The monoisotopic (exact) mass is 262 g/mol. The van der Waals surface area contributed by atoms with Gasteiger partial charge in [-0.15, -0.1) is 0 Å². The van der Waals surface area contributed by atoms with E-state index in [1.807, 2.05) is 0 Å². The van der Waals surface area contributed by atoms with Crippen molar-refractivity contribution in [2.75, 3.05) is 6.61 Å². The Balaban J connectivity index is 2.72. The highest BCUT2D eigenvalue weighted by molar-refractivity contribution is 5.94. The number of hydrogen-bond donors (Lipinski definition) is 1. The fourth-order valence-corrected chi connectivity index (χ4v) is 1.29. The second kappa shape index (κ2) is 5.39. The normalized spacial score (nSPS) is 13.2. The number of hydrogen-bond acceptors (Lipinski definition) is 3. The van der Waals surface area contributed by atoms with Gasteiger partial charge >= 0.3 is 6.18 Å². The molecule has 0 saturated carbocycles. The zero-order chi connectivity index (χ0) is 13.9. The largest absolute Gasteiger partial charge is 0.490 e. The second-order valence-electron chi connectivity index (χ2n) is 3.90. The molecule has 1 N–H and O–H groups in total. The predicted octanol–water partition coefficient (Wildman–Crippen LogP) is 2.50. The van der Waals surface area contributed by atoms with Gasteiger partial charge in [0.1, 0.15) is 12.4 Å². The summed E-state index contributed by atoms with van der Waals surface area (Å²) in [7, 11) is 0. The zero-order valence-electron chi connectivity index (χ0n) is 9.91. The number of alkyl halides is 3. The number of halogens is 3. The third-order valence-corrected chi connectivity index (χ3v) is 2.36. The van der Waals surface area contributed by atoms with Gasteiger partial charge in [0, 0.05) is 5.56 Å². The van der Waals surface area contributed by atoms with Crippen molar-refractivity contribution in [2.24, 2.45) is 0 Å². The summed E-state index contributed by atoms with van der Waals surface area (Å²) >= 11 is 0. The minimum Gasteiger partial charge on any atom is -0.490 e. The highest BCUT2D eigenvalue weighted by atomic mass is 19.4. The van der Waals surface area contributed by atoms with Crippen molar-refractivity contribution in [3.8, 4) is 5.75 Å². The number of carbonyl (C=O) groups excluding carboxylic acids is 1. The average molecular weight is 262 g/mol. The summed E-state index contributed by atoms with van der Waals surface area (Å²) in [5, 5.41) is 8.78. The Hall–Kier alpha value is -1.56. The van der Waals surface area contributed by atoms with E-state index < -0.39 is 18.9 Å². The van der Waals surface area contributed by atoms with Crippen LogP contribution in [0.2, 0.25) is 0 Å². The molecule has 1 aromatic rings. The van der Waals surface area contributed by atoms with Gasteiger partial charge in [0.15, 0.2) is 11.9 Å². The summed E-state index contributed by atoms with van der Waals surface area (Å²) < 4.78 is 41.0. The van der Waals surface area contributed by atoms with Gasteiger partial charge in [0.05, 0.1) is 0 Å². The van der Waals surface area contributed by atoms with Crippen molar-refractivity contribution in [1.82, 2.24) is 0 Å². The van der Waals surface area contributed by atoms with Gasteiger partial charge in [0.25, 0.3) is 0 Å². The number of aliphatic hydroxyl groups is 1. The van der Waals surface area contributed by atoms with E-state index in [1.54, 1.807) is 6.92 Å². The molecule has 1 unspecified atom stereocenters. The highest BCUT2D eigenvalue weighted by Crippen LogP contribution is 2.23. The summed E-state index contributed by atoms with van der Waals surface area (Å²) in [4.78, 5) is 11.1. The summed E-state index contributed by atoms with van der Waals surface area (Å²) in [6.45, 7) is 2.13. The van der Waals surface area contributed by atoms with E-state index in [0.717, 1.165) is 0 Å². The molecule has 0 aliphatic carbocycles. The summed E-state index contributed by atoms with van der Waals surface area (Å²) in [5.74, 6) is 0.0725. The van der Waals surface area contributed by atoms with Crippen molar-refractivity contribution >= 4 is 5.78 Å².